The van der Waals surface area contributed by atoms with E-state index in [1.54, 1.807) is 32.7 Å². The molecule has 0 atom stereocenters. The molecular formula is C24H30N4O3. The number of hydrogen-bond donors (Lipinski definition) is 1. The Morgan fingerprint density at radius 1 is 1.23 bits per heavy atom. The van der Waals surface area contributed by atoms with E-state index < -0.39 is 0 Å². The summed E-state index contributed by atoms with van der Waals surface area (Å²) in [5.74, 6) is 1.55. The number of carbonyl (C=O) groups excluding carboxylic acids is 1. The molecule has 1 aromatic heterocycles. The number of rotatable bonds is 7. The molecular weight excluding hydrogens is 392 g/mol. The van der Waals surface area contributed by atoms with Crippen molar-refractivity contribution >= 4 is 16.9 Å². The average molecular weight is 423 g/mol. The van der Waals surface area contributed by atoms with Gasteiger partial charge >= 0.3 is 6.03 Å². The number of ether oxygens (including phenoxy) is 2. The van der Waals surface area contributed by atoms with Gasteiger partial charge in [0.25, 0.3) is 0 Å². The second-order valence-corrected chi connectivity index (χ2v) is 7.34. The Morgan fingerprint density at radius 3 is 2.58 bits per heavy atom. The van der Waals surface area contributed by atoms with Gasteiger partial charge in [0.2, 0.25) is 0 Å². The van der Waals surface area contributed by atoms with E-state index in [4.69, 9.17) is 9.47 Å². The molecule has 2 amide bonds. The van der Waals surface area contributed by atoms with Crippen LogP contribution in [0.25, 0.3) is 10.9 Å². The molecule has 1 aromatic carbocycles. The number of nitrogens with zero attached hydrogens (tertiary/aromatic N) is 3. The largest absolute Gasteiger partial charge is 0.493 e. The van der Waals surface area contributed by atoms with Crippen LogP contribution >= 0.6 is 0 Å². The van der Waals surface area contributed by atoms with Crippen LogP contribution in [0.3, 0.4) is 0 Å². The first-order valence-electron chi connectivity index (χ1n) is 10.5. The van der Waals surface area contributed by atoms with Crippen molar-refractivity contribution in [1.82, 2.24) is 20.2 Å². The van der Waals surface area contributed by atoms with Crippen molar-refractivity contribution in [3.05, 3.63) is 60.7 Å². The highest BCUT2D eigenvalue weighted by Gasteiger charge is 2.26. The van der Waals surface area contributed by atoms with Gasteiger partial charge in [0.05, 0.1) is 25.4 Å². The number of fused-ring (bicyclic) bond motifs is 1. The fraction of sp³-hybridized carbons (Fsp3) is 0.375. The predicted octanol–water partition coefficient (Wildman–Crippen LogP) is 4.57. The van der Waals surface area contributed by atoms with Crippen molar-refractivity contribution in [2.24, 2.45) is 0 Å². The summed E-state index contributed by atoms with van der Waals surface area (Å²) >= 11 is 0. The lowest BCUT2D eigenvalue weighted by molar-refractivity contribution is 0.184. The summed E-state index contributed by atoms with van der Waals surface area (Å²) < 4.78 is 10.9. The first kappa shape index (κ1) is 22.3. The average Bonchev–Trinajstić information content (AvgIpc) is 2.81. The van der Waals surface area contributed by atoms with Gasteiger partial charge in [-0.2, -0.15) is 0 Å². The van der Waals surface area contributed by atoms with Crippen molar-refractivity contribution in [2.75, 3.05) is 27.3 Å². The summed E-state index contributed by atoms with van der Waals surface area (Å²) in [6, 6.07) is 3.72. The number of hydrogen-bond acceptors (Lipinski definition) is 5. The van der Waals surface area contributed by atoms with Crippen molar-refractivity contribution < 1.29 is 14.3 Å². The topological polar surface area (TPSA) is 76.6 Å². The summed E-state index contributed by atoms with van der Waals surface area (Å²) in [4.78, 5) is 23.5. The van der Waals surface area contributed by atoms with E-state index in [9.17, 15) is 4.79 Å². The van der Waals surface area contributed by atoms with E-state index in [0.29, 0.717) is 24.6 Å². The molecule has 0 bridgehead atoms. The van der Waals surface area contributed by atoms with Crippen molar-refractivity contribution in [1.29, 1.82) is 0 Å². The molecule has 1 N–H and O–H groups in total. The van der Waals surface area contributed by atoms with Crippen LogP contribution in [0, 0.1) is 0 Å². The van der Waals surface area contributed by atoms with Crippen LogP contribution < -0.4 is 14.8 Å². The number of amides is 2. The Balaban J connectivity index is 1.73. The lowest BCUT2D eigenvalue weighted by Gasteiger charge is -2.32. The quantitative estimate of drug-likeness (QED) is 0.662. The van der Waals surface area contributed by atoms with Gasteiger partial charge in [0, 0.05) is 36.2 Å². The smallest absolute Gasteiger partial charge is 0.321 e. The molecule has 0 radical (unpaired) electrons. The van der Waals surface area contributed by atoms with Gasteiger partial charge < -0.3 is 19.7 Å². The minimum Gasteiger partial charge on any atom is -0.493 e. The van der Waals surface area contributed by atoms with Crippen LogP contribution in [0.1, 0.15) is 37.8 Å². The molecule has 7 nitrogen and oxygen atoms in total. The predicted molar refractivity (Wildman–Crippen MR) is 122 cm³/mol. The molecule has 0 spiro atoms. The second-order valence-electron chi connectivity index (χ2n) is 7.34. The number of allylic oxidation sites excluding steroid dienone is 4. The third kappa shape index (κ3) is 5.23. The SMILES string of the molecule is C=C/C=C(\C=C/CC)NC(=O)N1CCC(c2ncnc3cc(OC)c(OC)cc23)CC1. The molecule has 0 saturated carbocycles. The van der Waals surface area contributed by atoms with Gasteiger partial charge in [0.1, 0.15) is 6.33 Å². The summed E-state index contributed by atoms with van der Waals surface area (Å²) in [6.07, 6.45) is 11.5. The van der Waals surface area contributed by atoms with Crippen LogP contribution in [0.15, 0.2) is 55.0 Å². The lowest BCUT2D eigenvalue weighted by Crippen LogP contribution is -2.43. The molecule has 7 heteroatoms. The van der Waals surface area contributed by atoms with Gasteiger partial charge in [0.15, 0.2) is 11.5 Å². The summed E-state index contributed by atoms with van der Waals surface area (Å²) in [5.41, 5.74) is 2.56. The standard InChI is InChI=1S/C24H30N4O3/c1-5-7-9-18(8-6-2)27-24(29)28-12-10-17(11-13-28)23-19-14-21(30-3)22(31-4)15-20(19)25-16-26-23/h6-9,14-17H,2,5,10-13H2,1,3-4H3,(H,27,29)/b9-7-,18-8+. The van der Waals surface area contributed by atoms with Crippen molar-refractivity contribution in [3.63, 3.8) is 0 Å². The summed E-state index contributed by atoms with van der Waals surface area (Å²) in [6.45, 7) is 7.09. The van der Waals surface area contributed by atoms with Crippen LogP contribution in [0.5, 0.6) is 11.5 Å². The fourth-order valence-corrected chi connectivity index (χ4v) is 3.80. The molecule has 1 saturated heterocycles. The van der Waals surface area contributed by atoms with Gasteiger partial charge in [-0.3, -0.25) is 0 Å². The maximum Gasteiger partial charge on any atom is 0.321 e. The maximum absolute atomic E-state index is 12.7. The highest BCUT2D eigenvalue weighted by Crippen LogP contribution is 2.36. The number of aromatic nitrogens is 2. The molecule has 0 aliphatic carbocycles. The van der Waals surface area contributed by atoms with Gasteiger partial charge in [-0.15, -0.1) is 0 Å². The zero-order chi connectivity index (χ0) is 22.2. The summed E-state index contributed by atoms with van der Waals surface area (Å²) in [5, 5.41) is 3.93. The monoisotopic (exact) mass is 422 g/mol. The molecule has 1 fully saturated rings. The lowest BCUT2D eigenvalue weighted by atomic mass is 9.91. The highest BCUT2D eigenvalue weighted by atomic mass is 16.5. The van der Waals surface area contributed by atoms with E-state index in [1.807, 2.05) is 29.2 Å². The number of carbonyl (C=O) groups is 1. The first-order chi connectivity index (χ1) is 15.1. The maximum atomic E-state index is 12.7. The highest BCUT2D eigenvalue weighted by molar-refractivity contribution is 5.85. The number of nitrogens with one attached hydrogen (secondary N) is 1. The second kappa shape index (κ2) is 10.6. The molecule has 1 aliphatic heterocycles. The molecule has 164 valence electrons. The van der Waals surface area contributed by atoms with Crippen LogP contribution in [0.4, 0.5) is 4.79 Å². The fourth-order valence-electron chi connectivity index (χ4n) is 3.80. The molecule has 2 heterocycles. The zero-order valence-corrected chi connectivity index (χ0v) is 18.4. The van der Waals surface area contributed by atoms with Crippen LogP contribution in [-0.4, -0.2) is 48.2 Å². The Hall–Kier alpha value is -3.35. The minimum absolute atomic E-state index is 0.0914. The molecule has 1 aliphatic rings. The summed E-state index contributed by atoms with van der Waals surface area (Å²) in [7, 11) is 3.23. The Morgan fingerprint density at radius 2 is 1.94 bits per heavy atom. The normalized spacial score (nSPS) is 15.3. The van der Waals surface area contributed by atoms with Crippen molar-refractivity contribution in [2.45, 2.75) is 32.1 Å². The van der Waals surface area contributed by atoms with E-state index in [0.717, 1.165) is 41.6 Å². The number of likely N-dealkylation sites (tertiary alicyclic amines) is 1. The Labute approximate surface area is 183 Å². The van der Waals surface area contributed by atoms with E-state index in [-0.39, 0.29) is 11.9 Å². The zero-order valence-electron chi connectivity index (χ0n) is 18.4. The van der Waals surface area contributed by atoms with E-state index >= 15 is 0 Å². The molecule has 2 aromatic rings. The Bertz CT molecular complexity index is 992. The van der Waals surface area contributed by atoms with E-state index in [2.05, 4.69) is 28.8 Å². The number of piperidine rings is 1. The molecule has 3 rings (SSSR count). The van der Waals surface area contributed by atoms with Gasteiger partial charge in [-0.25, -0.2) is 14.8 Å². The van der Waals surface area contributed by atoms with E-state index in [1.165, 1.54) is 0 Å². The molecule has 0 unspecified atom stereocenters. The number of urea groups is 1. The van der Waals surface area contributed by atoms with Crippen LogP contribution in [-0.2, 0) is 0 Å². The number of methoxy groups -OCH3 is 2. The number of benzene rings is 1. The van der Waals surface area contributed by atoms with Crippen LogP contribution in [0.2, 0.25) is 0 Å². The Kier molecular flexibility index (Phi) is 7.65. The molecule has 31 heavy (non-hydrogen) atoms. The van der Waals surface area contributed by atoms with Gasteiger partial charge in [-0.05, 0) is 37.5 Å². The first-order valence-corrected chi connectivity index (χ1v) is 10.5. The van der Waals surface area contributed by atoms with Gasteiger partial charge in [-0.1, -0.05) is 25.7 Å². The third-order valence-corrected chi connectivity index (χ3v) is 5.42. The third-order valence-electron chi connectivity index (χ3n) is 5.42. The minimum atomic E-state index is -0.0914. The van der Waals surface area contributed by atoms with Crippen molar-refractivity contribution in [3.8, 4) is 11.5 Å².